The van der Waals surface area contributed by atoms with Crippen LogP contribution in [0.4, 0.5) is 13.2 Å². The number of carbonyl (C=O) groups is 1. The number of nitrogens with zero attached hydrogens (tertiary/aromatic N) is 2. The van der Waals surface area contributed by atoms with Gasteiger partial charge >= 0.3 is 5.51 Å². The van der Waals surface area contributed by atoms with Crippen molar-refractivity contribution in [3.63, 3.8) is 0 Å². The number of sulfone groups is 1. The van der Waals surface area contributed by atoms with Crippen LogP contribution in [0, 0.1) is 0 Å². The van der Waals surface area contributed by atoms with Gasteiger partial charge in [0.15, 0.2) is 4.80 Å². The Bertz CT molecular complexity index is 862. The number of amides is 1. The van der Waals surface area contributed by atoms with Crippen LogP contribution in [-0.4, -0.2) is 24.4 Å². The Morgan fingerprint density at radius 2 is 1.82 bits per heavy atom. The van der Waals surface area contributed by atoms with Gasteiger partial charge in [-0.3, -0.25) is 4.79 Å². The van der Waals surface area contributed by atoms with Crippen LogP contribution in [0.1, 0.15) is 10.4 Å². The van der Waals surface area contributed by atoms with E-state index in [1.54, 1.807) is 23.2 Å². The second-order valence-corrected chi connectivity index (χ2v) is 7.00. The van der Waals surface area contributed by atoms with Gasteiger partial charge in [-0.25, -0.2) is 8.42 Å². The summed E-state index contributed by atoms with van der Waals surface area (Å²) >= 11 is 1.21. The van der Waals surface area contributed by atoms with Gasteiger partial charge < -0.3 is 4.57 Å². The fraction of sp³-hybridized carbons (Fsp3) is 0.167. The quantitative estimate of drug-likeness (QED) is 0.833. The van der Waals surface area contributed by atoms with Crippen molar-refractivity contribution >= 4 is 27.1 Å². The predicted octanol–water partition coefficient (Wildman–Crippen LogP) is 2.12. The Morgan fingerprint density at radius 1 is 1.23 bits per heavy atom. The van der Waals surface area contributed by atoms with Gasteiger partial charge in [-0.2, -0.15) is 18.2 Å². The number of carbonyl (C=O) groups excluding carboxylic acids is 1. The molecule has 0 spiro atoms. The molecule has 0 fully saturated rings. The van der Waals surface area contributed by atoms with E-state index in [4.69, 9.17) is 0 Å². The SMILES string of the molecule is Cn1ccsc1=NC(=O)c1ccc(S(=O)(=O)C(F)(F)F)cc1. The molecule has 1 aromatic carbocycles. The van der Waals surface area contributed by atoms with Crippen molar-refractivity contribution in [2.24, 2.45) is 12.0 Å². The zero-order chi connectivity index (χ0) is 16.5. The Morgan fingerprint density at radius 3 is 2.27 bits per heavy atom. The van der Waals surface area contributed by atoms with Gasteiger partial charge in [0.2, 0.25) is 0 Å². The number of aryl methyl sites for hydroxylation is 1. The summed E-state index contributed by atoms with van der Waals surface area (Å²) in [5, 5.41) is 1.71. The van der Waals surface area contributed by atoms with Crippen LogP contribution in [0.25, 0.3) is 0 Å². The predicted molar refractivity (Wildman–Crippen MR) is 72.9 cm³/mol. The molecule has 1 aromatic heterocycles. The topological polar surface area (TPSA) is 68.5 Å². The molecule has 0 radical (unpaired) electrons. The maximum Gasteiger partial charge on any atom is 0.501 e. The minimum atomic E-state index is -5.42. The summed E-state index contributed by atoms with van der Waals surface area (Å²) in [4.78, 5) is 15.2. The van der Waals surface area contributed by atoms with Gasteiger partial charge in [0.1, 0.15) is 0 Å². The van der Waals surface area contributed by atoms with Crippen molar-refractivity contribution in [3.8, 4) is 0 Å². The van der Waals surface area contributed by atoms with E-state index in [0.29, 0.717) is 4.80 Å². The molecule has 0 aliphatic rings. The Labute approximate surface area is 127 Å². The maximum absolute atomic E-state index is 12.4. The summed E-state index contributed by atoms with van der Waals surface area (Å²) in [6, 6.07) is 3.47. The molecule has 118 valence electrons. The fourth-order valence-corrected chi connectivity index (χ4v) is 2.99. The molecular weight excluding hydrogens is 341 g/mol. The molecule has 2 aromatic rings. The number of aromatic nitrogens is 1. The van der Waals surface area contributed by atoms with Crippen LogP contribution < -0.4 is 4.80 Å². The van der Waals surface area contributed by atoms with Gasteiger partial charge in [-0.15, -0.1) is 11.3 Å². The average Bonchev–Trinajstić information content (AvgIpc) is 2.83. The third kappa shape index (κ3) is 3.12. The van der Waals surface area contributed by atoms with Crippen LogP contribution in [0.3, 0.4) is 0 Å². The minimum absolute atomic E-state index is 0.00507. The third-order valence-electron chi connectivity index (χ3n) is 2.67. The summed E-state index contributed by atoms with van der Waals surface area (Å²) in [6.07, 6.45) is 1.69. The van der Waals surface area contributed by atoms with E-state index in [1.165, 1.54) is 11.3 Å². The summed E-state index contributed by atoms with van der Waals surface area (Å²) in [7, 11) is -3.74. The van der Waals surface area contributed by atoms with E-state index >= 15 is 0 Å². The second-order valence-electron chi connectivity index (χ2n) is 4.19. The zero-order valence-electron chi connectivity index (χ0n) is 11.0. The van der Waals surface area contributed by atoms with Crippen molar-refractivity contribution in [1.29, 1.82) is 0 Å². The minimum Gasteiger partial charge on any atom is -0.327 e. The monoisotopic (exact) mass is 350 g/mol. The lowest BCUT2D eigenvalue weighted by Crippen LogP contribution is -2.23. The first-order valence-corrected chi connectivity index (χ1v) is 8.10. The van der Waals surface area contributed by atoms with Gasteiger partial charge in [0.25, 0.3) is 15.7 Å². The molecule has 0 aliphatic carbocycles. The smallest absolute Gasteiger partial charge is 0.327 e. The van der Waals surface area contributed by atoms with Crippen molar-refractivity contribution in [3.05, 3.63) is 46.2 Å². The molecule has 5 nitrogen and oxygen atoms in total. The normalized spacial score (nSPS) is 13.4. The highest BCUT2D eigenvalue weighted by Crippen LogP contribution is 2.30. The summed E-state index contributed by atoms with van der Waals surface area (Å²) in [6.45, 7) is 0. The molecule has 0 N–H and O–H groups in total. The summed E-state index contributed by atoms with van der Waals surface area (Å²) in [5.74, 6) is -0.672. The average molecular weight is 350 g/mol. The van der Waals surface area contributed by atoms with E-state index in [2.05, 4.69) is 4.99 Å². The number of halogens is 3. The van der Waals surface area contributed by atoms with Crippen LogP contribution in [-0.2, 0) is 16.9 Å². The molecule has 0 saturated carbocycles. The first-order chi connectivity index (χ1) is 10.1. The number of benzene rings is 1. The molecule has 0 bridgehead atoms. The van der Waals surface area contributed by atoms with Crippen molar-refractivity contribution in [2.75, 3.05) is 0 Å². The van der Waals surface area contributed by atoms with E-state index < -0.39 is 26.1 Å². The van der Waals surface area contributed by atoms with Crippen LogP contribution >= 0.6 is 11.3 Å². The van der Waals surface area contributed by atoms with E-state index in [0.717, 1.165) is 24.3 Å². The van der Waals surface area contributed by atoms with Gasteiger partial charge in [0, 0.05) is 24.2 Å². The standard InChI is InChI=1S/C12H9F3N2O3S2/c1-17-6-7-21-11(17)16-10(18)8-2-4-9(5-3-8)22(19,20)12(13,14)15/h2-7H,1H3. The molecule has 2 rings (SSSR count). The van der Waals surface area contributed by atoms with E-state index in [1.807, 2.05) is 0 Å². The van der Waals surface area contributed by atoms with Crippen molar-refractivity contribution in [1.82, 2.24) is 4.57 Å². The number of hydrogen-bond donors (Lipinski definition) is 0. The molecule has 0 saturated heterocycles. The number of rotatable bonds is 2. The largest absolute Gasteiger partial charge is 0.501 e. The van der Waals surface area contributed by atoms with Crippen molar-refractivity contribution in [2.45, 2.75) is 10.4 Å². The highest BCUT2D eigenvalue weighted by Gasteiger charge is 2.46. The van der Waals surface area contributed by atoms with Crippen LogP contribution in [0.2, 0.25) is 0 Å². The lowest BCUT2D eigenvalue weighted by atomic mass is 10.2. The molecule has 0 atom stereocenters. The van der Waals surface area contributed by atoms with E-state index in [-0.39, 0.29) is 5.56 Å². The zero-order valence-corrected chi connectivity index (χ0v) is 12.7. The van der Waals surface area contributed by atoms with E-state index in [9.17, 15) is 26.4 Å². The second kappa shape index (κ2) is 5.69. The van der Waals surface area contributed by atoms with Crippen LogP contribution in [0.15, 0.2) is 45.7 Å². The Kier molecular flexibility index (Phi) is 4.25. The van der Waals surface area contributed by atoms with Gasteiger partial charge in [-0.05, 0) is 24.3 Å². The molecule has 1 heterocycles. The maximum atomic E-state index is 12.4. The Balaban J connectivity index is 2.35. The lowest BCUT2D eigenvalue weighted by molar-refractivity contribution is -0.0436. The molecule has 0 aliphatic heterocycles. The highest BCUT2D eigenvalue weighted by atomic mass is 32.2. The van der Waals surface area contributed by atoms with Gasteiger partial charge in [-0.1, -0.05) is 0 Å². The van der Waals surface area contributed by atoms with Crippen LogP contribution in [0.5, 0.6) is 0 Å². The number of alkyl halides is 3. The fourth-order valence-electron chi connectivity index (χ4n) is 1.50. The van der Waals surface area contributed by atoms with Gasteiger partial charge in [0.05, 0.1) is 4.90 Å². The van der Waals surface area contributed by atoms with Crippen molar-refractivity contribution < 1.29 is 26.4 Å². The highest BCUT2D eigenvalue weighted by molar-refractivity contribution is 7.92. The molecule has 1 amide bonds. The Hall–Kier alpha value is -1.94. The summed E-state index contributed by atoms with van der Waals surface area (Å²) < 4.78 is 61.2. The first-order valence-electron chi connectivity index (χ1n) is 5.73. The summed E-state index contributed by atoms with van der Waals surface area (Å²) in [5.41, 5.74) is -5.39. The molecule has 10 heteroatoms. The first kappa shape index (κ1) is 16.4. The third-order valence-corrected chi connectivity index (χ3v) is 5.02. The number of hydrogen-bond acceptors (Lipinski definition) is 4. The number of thiazole rings is 1. The molecular formula is C12H9F3N2O3S2. The lowest BCUT2D eigenvalue weighted by Gasteiger charge is -2.07. The molecule has 22 heavy (non-hydrogen) atoms. The molecule has 0 unspecified atom stereocenters.